The molecule has 1 fully saturated rings. The zero-order chi connectivity index (χ0) is 15.3. The third-order valence-electron chi connectivity index (χ3n) is 4.39. The Morgan fingerprint density at radius 3 is 2.81 bits per heavy atom. The highest BCUT2D eigenvalue weighted by atomic mass is 15.1. The number of likely N-dealkylation sites (N-methyl/N-ethyl adjacent to an activating group) is 1. The minimum Gasteiger partial charge on any atom is -0.303 e. The Morgan fingerprint density at radius 2 is 2.19 bits per heavy atom. The molecule has 0 saturated heterocycles. The Balaban J connectivity index is 1.87. The quantitative estimate of drug-likeness (QED) is 0.872. The van der Waals surface area contributed by atoms with E-state index in [1.54, 1.807) is 0 Å². The van der Waals surface area contributed by atoms with Crippen molar-refractivity contribution in [2.45, 2.75) is 57.2 Å². The van der Waals surface area contributed by atoms with E-state index >= 15 is 0 Å². The molecular formula is C17H26N4. The lowest BCUT2D eigenvalue weighted by atomic mass is 9.98. The van der Waals surface area contributed by atoms with Gasteiger partial charge in [-0.15, -0.1) is 0 Å². The summed E-state index contributed by atoms with van der Waals surface area (Å²) in [5, 5.41) is 13.0. The van der Waals surface area contributed by atoms with E-state index in [0.717, 1.165) is 32.2 Å². The van der Waals surface area contributed by atoms with Crippen LogP contribution in [0.15, 0.2) is 24.5 Å². The van der Waals surface area contributed by atoms with E-state index in [1.165, 1.54) is 5.56 Å². The van der Waals surface area contributed by atoms with E-state index in [9.17, 15) is 5.26 Å². The van der Waals surface area contributed by atoms with Crippen LogP contribution in [-0.2, 0) is 6.42 Å². The molecule has 1 aliphatic carbocycles. The van der Waals surface area contributed by atoms with Crippen molar-refractivity contribution in [2.24, 2.45) is 0 Å². The molecule has 1 saturated carbocycles. The van der Waals surface area contributed by atoms with E-state index in [1.807, 2.05) is 12.4 Å². The van der Waals surface area contributed by atoms with Crippen LogP contribution in [0.25, 0.3) is 0 Å². The average Bonchev–Trinajstić information content (AvgIpc) is 2.90. The third kappa shape index (κ3) is 4.26. The molecular weight excluding hydrogens is 260 g/mol. The number of hydrogen-bond donors (Lipinski definition) is 1. The van der Waals surface area contributed by atoms with Crippen LogP contribution in [-0.4, -0.2) is 41.1 Å². The lowest BCUT2D eigenvalue weighted by molar-refractivity contribution is 0.236. The topological polar surface area (TPSA) is 52.0 Å². The van der Waals surface area contributed by atoms with Crippen molar-refractivity contribution in [2.75, 3.05) is 13.6 Å². The summed E-state index contributed by atoms with van der Waals surface area (Å²) >= 11 is 0. The summed E-state index contributed by atoms with van der Waals surface area (Å²) in [7, 11) is 2.18. The van der Waals surface area contributed by atoms with Crippen LogP contribution < -0.4 is 5.32 Å². The highest BCUT2D eigenvalue weighted by Gasteiger charge is 2.40. The standard InChI is InChI=1S/C17H26N4/c1-14(2)20-17(13-18)8-4-16(12-17)21(3)11-7-15-5-9-19-10-6-15/h5-6,9-10,14,16,20H,4,7-8,11-12H2,1-3H3. The van der Waals surface area contributed by atoms with Gasteiger partial charge in [-0.2, -0.15) is 5.26 Å². The van der Waals surface area contributed by atoms with Crippen molar-refractivity contribution < 1.29 is 0 Å². The van der Waals surface area contributed by atoms with Crippen molar-refractivity contribution in [3.05, 3.63) is 30.1 Å². The molecule has 0 aromatic carbocycles. The summed E-state index contributed by atoms with van der Waals surface area (Å²) in [6.45, 7) is 5.25. The Kier molecular flexibility index (Phi) is 5.33. The molecule has 2 atom stereocenters. The minimum atomic E-state index is -0.330. The van der Waals surface area contributed by atoms with Gasteiger partial charge in [0.05, 0.1) is 6.07 Å². The third-order valence-corrected chi connectivity index (χ3v) is 4.39. The first-order valence-electron chi connectivity index (χ1n) is 7.83. The SMILES string of the molecule is CC(C)NC1(C#N)CCC(N(C)CCc2ccncc2)C1. The molecule has 4 heteroatoms. The number of pyridine rings is 1. The molecule has 0 aliphatic heterocycles. The van der Waals surface area contributed by atoms with Crippen molar-refractivity contribution >= 4 is 0 Å². The predicted molar refractivity (Wildman–Crippen MR) is 84.8 cm³/mol. The lowest BCUT2D eigenvalue weighted by Gasteiger charge is -2.28. The Bertz CT molecular complexity index is 479. The summed E-state index contributed by atoms with van der Waals surface area (Å²) in [4.78, 5) is 6.45. The highest BCUT2D eigenvalue weighted by Crippen LogP contribution is 2.32. The molecule has 4 nitrogen and oxygen atoms in total. The molecule has 21 heavy (non-hydrogen) atoms. The Morgan fingerprint density at radius 1 is 1.48 bits per heavy atom. The predicted octanol–water partition coefficient (Wildman–Crippen LogP) is 2.37. The van der Waals surface area contributed by atoms with Crippen LogP contribution in [0.4, 0.5) is 0 Å². The van der Waals surface area contributed by atoms with E-state index < -0.39 is 0 Å². The number of nitriles is 1. The first kappa shape index (κ1) is 15.9. The fraction of sp³-hybridized carbons (Fsp3) is 0.647. The zero-order valence-electron chi connectivity index (χ0n) is 13.3. The van der Waals surface area contributed by atoms with Crippen molar-refractivity contribution in [3.63, 3.8) is 0 Å². The van der Waals surface area contributed by atoms with Crippen molar-refractivity contribution in [3.8, 4) is 6.07 Å². The van der Waals surface area contributed by atoms with E-state index in [2.05, 4.69) is 54.3 Å². The van der Waals surface area contributed by atoms with Crippen LogP contribution in [0, 0.1) is 11.3 Å². The van der Waals surface area contributed by atoms with Gasteiger partial charge >= 0.3 is 0 Å². The normalized spacial score (nSPS) is 25.4. The van der Waals surface area contributed by atoms with E-state index in [4.69, 9.17) is 0 Å². The monoisotopic (exact) mass is 286 g/mol. The van der Waals surface area contributed by atoms with Gasteiger partial charge in [0, 0.05) is 31.0 Å². The molecule has 1 aliphatic rings. The molecule has 0 bridgehead atoms. The molecule has 114 valence electrons. The van der Waals surface area contributed by atoms with Gasteiger partial charge in [0.15, 0.2) is 0 Å². The molecule has 2 unspecified atom stereocenters. The number of aromatic nitrogens is 1. The van der Waals surface area contributed by atoms with Gasteiger partial charge in [-0.05, 0) is 64.3 Å². The second-order valence-electron chi connectivity index (χ2n) is 6.48. The Labute approximate surface area is 128 Å². The smallest absolute Gasteiger partial charge is 0.108 e. The molecule has 1 aromatic rings. The van der Waals surface area contributed by atoms with E-state index in [-0.39, 0.29) is 5.54 Å². The second kappa shape index (κ2) is 7.02. The van der Waals surface area contributed by atoms with Gasteiger partial charge in [0.1, 0.15) is 5.54 Å². The molecule has 0 spiro atoms. The average molecular weight is 286 g/mol. The number of rotatable bonds is 6. The highest BCUT2D eigenvalue weighted by molar-refractivity contribution is 5.14. The van der Waals surface area contributed by atoms with Crippen LogP contribution >= 0.6 is 0 Å². The van der Waals surface area contributed by atoms with Crippen molar-refractivity contribution in [1.29, 1.82) is 5.26 Å². The second-order valence-corrected chi connectivity index (χ2v) is 6.48. The first-order chi connectivity index (χ1) is 10.0. The molecule has 0 radical (unpaired) electrons. The van der Waals surface area contributed by atoms with Gasteiger partial charge in [0.2, 0.25) is 0 Å². The first-order valence-corrected chi connectivity index (χ1v) is 7.83. The van der Waals surface area contributed by atoms with Crippen LogP contribution in [0.2, 0.25) is 0 Å². The number of hydrogen-bond acceptors (Lipinski definition) is 4. The van der Waals surface area contributed by atoms with Gasteiger partial charge in [-0.1, -0.05) is 0 Å². The maximum absolute atomic E-state index is 9.53. The van der Waals surface area contributed by atoms with Crippen LogP contribution in [0.5, 0.6) is 0 Å². The van der Waals surface area contributed by atoms with Crippen LogP contribution in [0.1, 0.15) is 38.7 Å². The Hall–Kier alpha value is -1.44. The lowest BCUT2D eigenvalue weighted by Crippen LogP contribution is -2.47. The number of nitrogens with one attached hydrogen (secondary N) is 1. The molecule has 0 amide bonds. The molecule has 1 N–H and O–H groups in total. The molecule has 1 aromatic heterocycles. The van der Waals surface area contributed by atoms with Gasteiger partial charge in [0.25, 0.3) is 0 Å². The fourth-order valence-electron chi connectivity index (χ4n) is 3.25. The summed E-state index contributed by atoms with van der Waals surface area (Å²) in [5.41, 5.74) is 0.991. The van der Waals surface area contributed by atoms with Gasteiger partial charge in [-0.3, -0.25) is 10.3 Å². The maximum Gasteiger partial charge on any atom is 0.108 e. The largest absolute Gasteiger partial charge is 0.303 e. The van der Waals surface area contributed by atoms with Crippen LogP contribution in [0.3, 0.4) is 0 Å². The summed E-state index contributed by atoms with van der Waals surface area (Å²) in [6, 6.07) is 7.52. The maximum atomic E-state index is 9.53. The summed E-state index contributed by atoms with van der Waals surface area (Å²) in [6.07, 6.45) is 7.70. The fourth-order valence-corrected chi connectivity index (χ4v) is 3.25. The summed E-state index contributed by atoms with van der Waals surface area (Å²) in [5.74, 6) is 0. The van der Waals surface area contributed by atoms with Gasteiger partial charge < -0.3 is 4.90 Å². The van der Waals surface area contributed by atoms with Gasteiger partial charge in [-0.25, -0.2) is 0 Å². The summed E-state index contributed by atoms with van der Waals surface area (Å²) < 4.78 is 0. The zero-order valence-corrected chi connectivity index (χ0v) is 13.3. The molecule has 2 rings (SSSR count). The minimum absolute atomic E-state index is 0.330. The number of nitrogens with zero attached hydrogens (tertiary/aromatic N) is 3. The van der Waals surface area contributed by atoms with E-state index in [0.29, 0.717) is 12.1 Å². The van der Waals surface area contributed by atoms with Crippen molar-refractivity contribution in [1.82, 2.24) is 15.2 Å². The molecule has 1 heterocycles.